The van der Waals surface area contributed by atoms with Gasteiger partial charge in [-0.2, -0.15) is 0 Å². The van der Waals surface area contributed by atoms with Gasteiger partial charge in [-0.3, -0.25) is 4.79 Å². The van der Waals surface area contributed by atoms with Crippen molar-refractivity contribution in [1.82, 2.24) is 4.57 Å². The van der Waals surface area contributed by atoms with Gasteiger partial charge < -0.3 is 15.6 Å². The molecule has 0 atom stereocenters. The number of benzene rings is 2. The van der Waals surface area contributed by atoms with Gasteiger partial charge in [0.1, 0.15) is 0 Å². The van der Waals surface area contributed by atoms with Gasteiger partial charge in [0.25, 0.3) is 0 Å². The van der Waals surface area contributed by atoms with E-state index in [-0.39, 0.29) is 5.78 Å². The third-order valence-corrected chi connectivity index (χ3v) is 5.12. The number of Topliss-reactive ketones (excluding diaryl/α,β-unsaturated/α-hetero) is 1. The highest BCUT2D eigenvalue weighted by molar-refractivity contribution is 6.33. The Bertz CT molecular complexity index is 1070. The molecule has 0 unspecified atom stereocenters. The lowest BCUT2D eigenvalue weighted by Gasteiger charge is -2.17. The van der Waals surface area contributed by atoms with E-state index in [0.717, 1.165) is 40.7 Å². The molecule has 0 radical (unpaired) electrons. The number of nitrogens with two attached hydrogens (primary N) is 1. The predicted molar refractivity (Wildman–Crippen MR) is 104 cm³/mol. The highest BCUT2D eigenvalue weighted by atomic mass is 35.5. The Morgan fingerprint density at radius 2 is 1.92 bits per heavy atom. The quantitative estimate of drug-likeness (QED) is 0.652. The van der Waals surface area contributed by atoms with Crippen LogP contribution in [0.25, 0.3) is 16.6 Å². The van der Waals surface area contributed by atoms with Crippen molar-refractivity contribution < 1.29 is 9.59 Å². The van der Waals surface area contributed by atoms with Crippen LogP contribution >= 0.6 is 23.2 Å². The smallest absolute Gasteiger partial charge is 0.316 e. The average Bonchev–Trinajstić information content (AvgIpc) is 2.89. The van der Waals surface area contributed by atoms with Gasteiger partial charge in [0.05, 0.1) is 16.2 Å². The topological polar surface area (TPSA) is 77.1 Å². The zero-order chi connectivity index (χ0) is 18.4. The van der Waals surface area contributed by atoms with Gasteiger partial charge in [-0.25, -0.2) is 4.79 Å². The first-order valence-electron chi connectivity index (χ1n) is 8.18. The van der Waals surface area contributed by atoms with E-state index in [0.29, 0.717) is 22.2 Å². The van der Waals surface area contributed by atoms with Gasteiger partial charge in [-0.1, -0.05) is 23.2 Å². The van der Waals surface area contributed by atoms with Crippen molar-refractivity contribution in [2.45, 2.75) is 19.3 Å². The number of hydrogen-bond donors (Lipinski definition) is 2. The summed E-state index contributed by atoms with van der Waals surface area (Å²) in [6.45, 7) is 0. The van der Waals surface area contributed by atoms with Crippen molar-refractivity contribution in [1.29, 1.82) is 0 Å². The van der Waals surface area contributed by atoms with Crippen LogP contribution in [-0.2, 0) is 6.42 Å². The number of primary amides is 1. The van der Waals surface area contributed by atoms with Crippen molar-refractivity contribution >= 4 is 51.6 Å². The summed E-state index contributed by atoms with van der Waals surface area (Å²) in [6.07, 6.45) is 2.12. The van der Waals surface area contributed by atoms with E-state index < -0.39 is 6.03 Å². The van der Waals surface area contributed by atoms with Crippen LogP contribution in [0.15, 0.2) is 36.4 Å². The number of hydrogen-bond acceptors (Lipinski definition) is 2. The zero-order valence-corrected chi connectivity index (χ0v) is 15.2. The van der Waals surface area contributed by atoms with Crippen molar-refractivity contribution in [2.75, 3.05) is 5.32 Å². The summed E-state index contributed by atoms with van der Waals surface area (Å²) < 4.78 is 2.01. The third kappa shape index (κ3) is 2.73. The van der Waals surface area contributed by atoms with Crippen LogP contribution in [0.2, 0.25) is 10.0 Å². The lowest BCUT2D eigenvalue weighted by atomic mass is 9.94. The fourth-order valence-corrected chi connectivity index (χ4v) is 4.03. The van der Waals surface area contributed by atoms with Gasteiger partial charge >= 0.3 is 6.03 Å². The first-order valence-corrected chi connectivity index (χ1v) is 8.93. The molecule has 2 amide bonds. The molecular weight excluding hydrogens is 373 g/mol. The first-order chi connectivity index (χ1) is 12.5. The molecule has 0 bridgehead atoms. The van der Waals surface area contributed by atoms with Crippen LogP contribution in [-0.4, -0.2) is 16.4 Å². The number of fused-ring (bicyclic) bond motifs is 3. The Balaban J connectivity index is 1.98. The number of nitrogens with zero attached hydrogens (tertiary/aromatic N) is 1. The second kappa shape index (κ2) is 6.34. The Kier molecular flexibility index (Phi) is 4.13. The van der Waals surface area contributed by atoms with Crippen molar-refractivity contribution in [3.8, 4) is 5.69 Å². The van der Waals surface area contributed by atoms with Crippen LogP contribution in [0.4, 0.5) is 10.5 Å². The summed E-state index contributed by atoms with van der Waals surface area (Å²) in [5.41, 5.74) is 8.95. The molecule has 3 N–H and O–H groups in total. The summed E-state index contributed by atoms with van der Waals surface area (Å²) in [4.78, 5) is 23.6. The summed E-state index contributed by atoms with van der Waals surface area (Å²) >= 11 is 12.7. The van der Waals surface area contributed by atoms with E-state index in [1.54, 1.807) is 24.3 Å². The Morgan fingerprint density at radius 1 is 1.12 bits per heavy atom. The number of amides is 2. The first kappa shape index (κ1) is 16.9. The SMILES string of the molecule is NC(=O)Nc1ccc(-n2c3c(c4cc(Cl)ccc42)C(=O)CCC3)c(Cl)c1. The Labute approximate surface area is 159 Å². The molecule has 5 nitrogen and oxygen atoms in total. The summed E-state index contributed by atoms with van der Waals surface area (Å²) in [5, 5.41) is 4.38. The second-order valence-corrected chi connectivity index (χ2v) is 7.09. The fourth-order valence-electron chi connectivity index (χ4n) is 3.59. The molecule has 0 fully saturated rings. The van der Waals surface area contributed by atoms with E-state index in [1.807, 2.05) is 16.7 Å². The number of carbonyl (C=O) groups is 2. The molecule has 1 aliphatic carbocycles. The van der Waals surface area contributed by atoms with E-state index in [2.05, 4.69) is 5.32 Å². The Morgan fingerprint density at radius 3 is 2.65 bits per heavy atom. The minimum atomic E-state index is -0.655. The number of ketones is 1. The molecule has 132 valence electrons. The number of nitrogens with one attached hydrogen (secondary N) is 1. The number of halogens is 2. The van der Waals surface area contributed by atoms with Gasteiger partial charge in [-0.15, -0.1) is 0 Å². The van der Waals surface area contributed by atoms with E-state index >= 15 is 0 Å². The molecule has 26 heavy (non-hydrogen) atoms. The average molecular weight is 388 g/mol. The minimum absolute atomic E-state index is 0.125. The summed E-state index contributed by atoms with van der Waals surface area (Å²) in [7, 11) is 0. The fraction of sp³-hybridized carbons (Fsp3) is 0.158. The molecule has 0 aliphatic heterocycles. The molecule has 0 saturated heterocycles. The maximum atomic E-state index is 12.6. The standard InChI is InChI=1S/C19H15Cl2N3O2/c20-10-4-6-14-12(8-10)18-16(2-1-3-17(18)25)24(14)15-7-5-11(9-13(15)21)23-19(22)26/h4-9H,1-3H2,(H3,22,23,26). The molecular formula is C19H15Cl2N3O2. The normalized spacial score (nSPS) is 13.7. The van der Waals surface area contributed by atoms with E-state index in [9.17, 15) is 9.59 Å². The van der Waals surface area contributed by atoms with Crippen LogP contribution < -0.4 is 11.1 Å². The Hall–Kier alpha value is -2.50. The number of rotatable bonds is 2. The summed E-state index contributed by atoms with van der Waals surface area (Å²) in [6, 6.07) is 10.0. The van der Waals surface area contributed by atoms with Crippen molar-refractivity contribution in [3.63, 3.8) is 0 Å². The van der Waals surface area contributed by atoms with Gasteiger partial charge in [0.15, 0.2) is 5.78 Å². The minimum Gasteiger partial charge on any atom is -0.351 e. The maximum Gasteiger partial charge on any atom is 0.316 e. The molecule has 3 aromatic rings. The van der Waals surface area contributed by atoms with Crippen LogP contribution in [0.5, 0.6) is 0 Å². The van der Waals surface area contributed by atoms with Gasteiger partial charge in [0, 0.05) is 33.8 Å². The number of aromatic nitrogens is 1. The monoisotopic (exact) mass is 387 g/mol. The molecule has 7 heteroatoms. The number of urea groups is 1. The highest BCUT2D eigenvalue weighted by Crippen LogP contribution is 2.38. The molecule has 1 aromatic heterocycles. The largest absolute Gasteiger partial charge is 0.351 e. The van der Waals surface area contributed by atoms with E-state index in [1.165, 1.54) is 0 Å². The van der Waals surface area contributed by atoms with Crippen LogP contribution in [0.3, 0.4) is 0 Å². The number of anilines is 1. The molecule has 0 saturated carbocycles. The molecule has 1 heterocycles. The van der Waals surface area contributed by atoms with Crippen molar-refractivity contribution in [2.24, 2.45) is 5.73 Å². The molecule has 0 spiro atoms. The van der Waals surface area contributed by atoms with Crippen LogP contribution in [0.1, 0.15) is 28.9 Å². The van der Waals surface area contributed by atoms with Crippen LogP contribution in [0, 0.1) is 0 Å². The van der Waals surface area contributed by atoms with E-state index in [4.69, 9.17) is 28.9 Å². The van der Waals surface area contributed by atoms with Gasteiger partial charge in [-0.05, 0) is 49.2 Å². The second-order valence-electron chi connectivity index (χ2n) is 6.25. The van der Waals surface area contributed by atoms with Gasteiger partial charge in [0.2, 0.25) is 0 Å². The molecule has 2 aromatic carbocycles. The molecule has 1 aliphatic rings. The maximum absolute atomic E-state index is 12.6. The lowest BCUT2D eigenvalue weighted by Crippen LogP contribution is -2.19. The lowest BCUT2D eigenvalue weighted by molar-refractivity contribution is 0.0973. The number of carbonyl (C=O) groups excluding carboxylic acids is 2. The highest BCUT2D eigenvalue weighted by Gasteiger charge is 2.27. The zero-order valence-electron chi connectivity index (χ0n) is 13.7. The summed E-state index contributed by atoms with van der Waals surface area (Å²) in [5.74, 6) is 0.125. The van der Waals surface area contributed by atoms with Crippen molar-refractivity contribution in [3.05, 3.63) is 57.7 Å². The molecule has 4 rings (SSSR count). The predicted octanol–water partition coefficient (Wildman–Crippen LogP) is 4.95. The third-order valence-electron chi connectivity index (χ3n) is 4.58.